The molecule has 0 aromatic carbocycles. The predicted octanol–water partition coefficient (Wildman–Crippen LogP) is 3.13. The van der Waals surface area contributed by atoms with E-state index in [4.69, 9.17) is 4.74 Å². The Bertz CT molecular complexity index is 1240. The van der Waals surface area contributed by atoms with Crippen molar-refractivity contribution in [2.45, 2.75) is 36.4 Å². The summed E-state index contributed by atoms with van der Waals surface area (Å²) < 4.78 is 6.20. The maximum absolute atomic E-state index is 11.7. The molecule has 35 heavy (non-hydrogen) atoms. The molecule has 0 radical (unpaired) electrons. The summed E-state index contributed by atoms with van der Waals surface area (Å²) in [5.74, 6) is 1.56. The minimum Gasteiger partial charge on any atom is -0.481 e. The lowest BCUT2D eigenvalue weighted by molar-refractivity contribution is -0.113. The number of β-amino-alcohol motifs (C(OH)–C–C–N with tert-alkyl or cyclic N) is 1. The van der Waals surface area contributed by atoms with Crippen LogP contribution in [0, 0.1) is 0 Å². The Balaban J connectivity index is 1.16. The molecule has 0 saturated carbocycles. The number of thioether (sulfide) groups is 1. The SMILES string of the molecule is COc1ccc2nccc([C@@H](O)CN3CCC(NCc4nc5c(cc4Br)SCC(=O)N5)CC3)c2n1. The van der Waals surface area contributed by atoms with Gasteiger partial charge in [-0.2, -0.15) is 0 Å². The first-order valence-corrected chi connectivity index (χ1v) is 13.3. The third kappa shape index (κ3) is 5.59. The average Bonchev–Trinajstić information content (AvgIpc) is 2.87. The number of piperidine rings is 1. The second-order valence-corrected chi connectivity index (χ2v) is 10.6. The number of nitrogens with one attached hydrogen (secondary N) is 2. The maximum Gasteiger partial charge on any atom is 0.235 e. The smallest absolute Gasteiger partial charge is 0.235 e. The van der Waals surface area contributed by atoms with E-state index < -0.39 is 6.10 Å². The molecule has 0 spiro atoms. The lowest BCUT2D eigenvalue weighted by Crippen LogP contribution is -2.43. The minimum atomic E-state index is -0.659. The fourth-order valence-corrected chi connectivity index (χ4v) is 5.86. The summed E-state index contributed by atoms with van der Waals surface area (Å²) in [5.41, 5.74) is 3.07. The number of aromatic nitrogens is 3. The molecule has 3 N–H and O–H groups in total. The number of carbonyl (C=O) groups excluding carboxylic acids is 1. The first-order valence-electron chi connectivity index (χ1n) is 11.6. The van der Waals surface area contributed by atoms with Crippen molar-refractivity contribution in [3.8, 4) is 5.88 Å². The summed E-state index contributed by atoms with van der Waals surface area (Å²) >= 11 is 5.13. The van der Waals surface area contributed by atoms with Crippen LogP contribution in [0.15, 0.2) is 39.8 Å². The highest BCUT2D eigenvalue weighted by Gasteiger charge is 2.24. The summed E-state index contributed by atoms with van der Waals surface area (Å²) in [7, 11) is 1.58. The molecule has 5 heterocycles. The van der Waals surface area contributed by atoms with Crippen LogP contribution in [0.3, 0.4) is 0 Å². The monoisotopic (exact) mass is 558 g/mol. The van der Waals surface area contributed by atoms with E-state index in [2.05, 4.69) is 46.4 Å². The van der Waals surface area contributed by atoms with E-state index in [9.17, 15) is 9.90 Å². The summed E-state index contributed by atoms with van der Waals surface area (Å²) in [4.78, 5) is 28.5. The number of rotatable bonds is 7. The van der Waals surface area contributed by atoms with Gasteiger partial charge in [0.15, 0.2) is 0 Å². The number of nitrogens with zero attached hydrogens (tertiary/aromatic N) is 4. The number of halogens is 1. The molecule has 1 saturated heterocycles. The summed E-state index contributed by atoms with van der Waals surface area (Å²) in [6.07, 6.45) is 3.01. The van der Waals surface area contributed by atoms with Gasteiger partial charge in [0, 0.05) is 41.4 Å². The lowest BCUT2D eigenvalue weighted by atomic mass is 10.0. The average molecular weight is 559 g/mol. The number of amides is 1. The van der Waals surface area contributed by atoms with Gasteiger partial charge in [-0.25, -0.2) is 9.97 Å². The van der Waals surface area contributed by atoms with E-state index in [0.29, 0.717) is 42.1 Å². The standard InChI is InChI=1S/C24H27BrN6O3S/c1-34-22-3-2-17-23(30-22)15(4-7-26-17)19(32)12-31-8-5-14(6-9-31)27-11-18-16(25)10-20-24(28-18)29-21(33)13-35-20/h2-4,7,10,14,19,27,32H,5-6,8-9,11-13H2,1H3,(H,28,29,33)/t19-/m0/s1. The van der Waals surface area contributed by atoms with Crippen molar-refractivity contribution in [3.05, 3.63) is 46.2 Å². The highest BCUT2D eigenvalue weighted by molar-refractivity contribution is 9.10. The number of likely N-dealkylation sites (tertiary alicyclic amines) is 1. The normalized spacial score (nSPS) is 17.7. The second-order valence-electron chi connectivity index (χ2n) is 8.69. The van der Waals surface area contributed by atoms with Gasteiger partial charge >= 0.3 is 0 Å². The summed E-state index contributed by atoms with van der Waals surface area (Å²) in [6.45, 7) is 2.94. The highest BCUT2D eigenvalue weighted by atomic mass is 79.9. The van der Waals surface area contributed by atoms with E-state index in [1.165, 1.54) is 11.8 Å². The van der Waals surface area contributed by atoms with Crippen molar-refractivity contribution in [3.63, 3.8) is 0 Å². The third-order valence-corrected chi connectivity index (χ3v) is 8.08. The maximum atomic E-state index is 11.7. The number of hydrogen-bond donors (Lipinski definition) is 3. The van der Waals surface area contributed by atoms with Crippen molar-refractivity contribution in [1.29, 1.82) is 0 Å². The van der Waals surface area contributed by atoms with Gasteiger partial charge in [-0.15, -0.1) is 11.8 Å². The molecule has 1 fully saturated rings. The Morgan fingerprint density at radius 2 is 2.14 bits per heavy atom. The highest BCUT2D eigenvalue weighted by Crippen LogP contribution is 2.33. The van der Waals surface area contributed by atoms with Gasteiger partial charge in [0.1, 0.15) is 5.82 Å². The molecule has 184 valence electrons. The van der Waals surface area contributed by atoms with E-state index >= 15 is 0 Å². The number of methoxy groups -OCH3 is 1. The Morgan fingerprint density at radius 3 is 2.94 bits per heavy atom. The zero-order chi connectivity index (χ0) is 24.4. The van der Waals surface area contributed by atoms with Crippen molar-refractivity contribution in [1.82, 2.24) is 25.2 Å². The van der Waals surface area contributed by atoms with Gasteiger partial charge in [0.25, 0.3) is 0 Å². The van der Waals surface area contributed by atoms with Crippen LogP contribution in [0.5, 0.6) is 5.88 Å². The number of anilines is 1. The molecule has 0 unspecified atom stereocenters. The number of carbonyl (C=O) groups is 1. The topological polar surface area (TPSA) is 113 Å². The zero-order valence-electron chi connectivity index (χ0n) is 19.3. The first kappa shape index (κ1) is 24.4. The molecule has 3 aromatic rings. The van der Waals surface area contributed by atoms with Crippen molar-refractivity contribution < 1.29 is 14.6 Å². The van der Waals surface area contributed by atoms with E-state index in [1.54, 1.807) is 19.4 Å². The van der Waals surface area contributed by atoms with Crippen LogP contribution in [0.1, 0.15) is 30.2 Å². The first-order chi connectivity index (χ1) is 17.0. The van der Waals surface area contributed by atoms with Crippen LogP contribution < -0.4 is 15.4 Å². The zero-order valence-corrected chi connectivity index (χ0v) is 21.7. The Hall–Kier alpha value is -2.31. The number of pyridine rings is 3. The molecular weight excluding hydrogens is 532 g/mol. The molecule has 11 heteroatoms. The molecular formula is C24H27BrN6O3S. The van der Waals surface area contributed by atoms with E-state index in [0.717, 1.165) is 52.1 Å². The van der Waals surface area contributed by atoms with Gasteiger partial charge in [-0.05, 0) is 60.1 Å². The molecule has 2 aliphatic rings. The number of fused-ring (bicyclic) bond motifs is 2. The molecule has 2 aliphatic heterocycles. The second kappa shape index (κ2) is 10.8. The molecule has 0 bridgehead atoms. The van der Waals surface area contributed by atoms with E-state index in [1.807, 2.05) is 18.2 Å². The van der Waals surface area contributed by atoms with Crippen LogP contribution >= 0.6 is 27.7 Å². The van der Waals surface area contributed by atoms with Gasteiger partial charge in [0.05, 0.1) is 40.6 Å². The molecule has 1 amide bonds. The Labute approximate surface area is 216 Å². The number of aliphatic hydroxyl groups excluding tert-OH is 1. The third-order valence-electron chi connectivity index (χ3n) is 6.36. The van der Waals surface area contributed by atoms with Crippen LogP contribution in [-0.4, -0.2) is 69.4 Å². The minimum absolute atomic E-state index is 0.0135. The van der Waals surface area contributed by atoms with Crippen LogP contribution in [0.2, 0.25) is 0 Å². The fraction of sp³-hybridized carbons (Fsp3) is 0.417. The Morgan fingerprint density at radius 1 is 1.31 bits per heavy atom. The quantitative estimate of drug-likeness (QED) is 0.402. The largest absolute Gasteiger partial charge is 0.481 e. The molecule has 1 atom stereocenters. The predicted molar refractivity (Wildman–Crippen MR) is 139 cm³/mol. The van der Waals surface area contributed by atoms with Crippen molar-refractivity contribution in [2.75, 3.05) is 37.8 Å². The van der Waals surface area contributed by atoms with Gasteiger partial charge in [-0.3, -0.25) is 9.78 Å². The van der Waals surface area contributed by atoms with Crippen molar-refractivity contribution >= 4 is 50.5 Å². The molecule has 9 nitrogen and oxygen atoms in total. The van der Waals surface area contributed by atoms with Crippen LogP contribution in [-0.2, 0) is 11.3 Å². The van der Waals surface area contributed by atoms with E-state index in [-0.39, 0.29) is 5.91 Å². The lowest BCUT2D eigenvalue weighted by Gasteiger charge is -2.33. The van der Waals surface area contributed by atoms with Gasteiger partial charge < -0.3 is 25.4 Å². The Kier molecular flexibility index (Phi) is 7.49. The fourth-order valence-electron chi connectivity index (χ4n) is 4.46. The number of hydrogen-bond acceptors (Lipinski definition) is 9. The van der Waals surface area contributed by atoms with Crippen LogP contribution in [0.4, 0.5) is 5.82 Å². The van der Waals surface area contributed by atoms with Crippen molar-refractivity contribution in [2.24, 2.45) is 0 Å². The van der Waals surface area contributed by atoms with Gasteiger partial charge in [0.2, 0.25) is 11.8 Å². The molecule has 0 aliphatic carbocycles. The molecule has 3 aromatic heterocycles. The molecule has 5 rings (SSSR count). The van der Waals surface area contributed by atoms with Crippen LogP contribution in [0.25, 0.3) is 11.0 Å². The number of ether oxygens (including phenoxy) is 1. The summed E-state index contributed by atoms with van der Waals surface area (Å²) in [6, 6.07) is 7.86. The number of aliphatic hydroxyl groups is 1. The summed E-state index contributed by atoms with van der Waals surface area (Å²) in [5, 5.41) is 17.4. The van der Waals surface area contributed by atoms with Gasteiger partial charge in [-0.1, -0.05) is 0 Å².